The van der Waals surface area contributed by atoms with Crippen LogP contribution in [0.4, 0.5) is 5.69 Å². The number of fused-ring (bicyclic) bond motifs is 1. The van der Waals surface area contributed by atoms with Gasteiger partial charge in [-0.1, -0.05) is 19.1 Å². The van der Waals surface area contributed by atoms with Gasteiger partial charge in [0.15, 0.2) is 0 Å². The van der Waals surface area contributed by atoms with E-state index in [0.717, 1.165) is 36.0 Å². The van der Waals surface area contributed by atoms with Gasteiger partial charge in [-0.3, -0.25) is 0 Å². The SMILES string of the molecule is COc1cccc2c(N3CCCC(C)C3)cc(C)nc12. The third kappa shape index (κ3) is 2.33. The fraction of sp³-hybridized carbons (Fsp3) is 0.471. The Balaban J connectivity index is 2.14. The summed E-state index contributed by atoms with van der Waals surface area (Å²) in [7, 11) is 1.71. The first-order valence-electron chi connectivity index (χ1n) is 7.38. The lowest BCUT2D eigenvalue weighted by atomic mass is 9.99. The van der Waals surface area contributed by atoms with Crippen LogP contribution >= 0.6 is 0 Å². The van der Waals surface area contributed by atoms with E-state index in [9.17, 15) is 0 Å². The molecule has 3 heteroatoms. The Morgan fingerprint density at radius 3 is 2.95 bits per heavy atom. The van der Waals surface area contributed by atoms with Crippen LogP contribution < -0.4 is 9.64 Å². The first-order chi connectivity index (χ1) is 9.69. The number of rotatable bonds is 2. The van der Waals surface area contributed by atoms with E-state index >= 15 is 0 Å². The molecule has 2 heterocycles. The Labute approximate surface area is 120 Å². The van der Waals surface area contributed by atoms with Crippen LogP contribution in [0.5, 0.6) is 5.75 Å². The lowest BCUT2D eigenvalue weighted by molar-refractivity contribution is 0.418. The molecule has 1 atom stereocenters. The molecular weight excluding hydrogens is 248 g/mol. The summed E-state index contributed by atoms with van der Waals surface area (Å²) in [6.45, 7) is 6.67. The second-order valence-electron chi connectivity index (χ2n) is 5.83. The number of hydrogen-bond acceptors (Lipinski definition) is 3. The van der Waals surface area contributed by atoms with E-state index in [1.165, 1.54) is 23.9 Å². The van der Waals surface area contributed by atoms with Crippen molar-refractivity contribution in [3.63, 3.8) is 0 Å². The van der Waals surface area contributed by atoms with E-state index in [2.05, 4.69) is 41.9 Å². The van der Waals surface area contributed by atoms with Crippen LogP contribution in [0.1, 0.15) is 25.5 Å². The van der Waals surface area contributed by atoms with Gasteiger partial charge < -0.3 is 9.64 Å². The van der Waals surface area contributed by atoms with E-state index in [1.807, 2.05) is 6.07 Å². The van der Waals surface area contributed by atoms with Gasteiger partial charge in [0.2, 0.25) is 0 Å². The molecule has 1 aliphatic rings. The third-order valence-corrected chi connectivity index (χ3v) is 4.13. The van der Waals surface area contributed by atoms with Crippen molar-refractivity contribution in [2.24, 2.45) is 5.92 Å². The zero-order valence-corrected chi connectivity index (χ0v) is 12.5. The summed E-state index contributed by atoms with van der Waals surface area (Å²) in [4.78, 5) is 7.17. The zero-order valence-electron chi connectivity index (χ0n) is 12.5. The lowest BCUT2D eigenvalue weighted by Gasteiger charge is -2.33. The van der Waals surface area contributed by atoms with Gasteiger partial charge in [0, 0.05) is 29.9 Å². The minimum absolute atomic E-state index is 0.762. The summed E-state index contributed by atoms with van der Waals surface area (Å²) < 4.78 is 5.46. The van der Waals surface area contributed by atoms with Crippen LogP contribution in [-0.2, 0) is 0 Å². The number of hydrogen-bond donors (Lipinski definition) is 0. The highest BCUT2D eigenvalue weighted by atomic mass is 16.5. The maximum atomic E-state index is 5.46. The average molecular weight is 270 g/mol. The number of aromatic nitrogens is 1. The smallest absolute Gasteiger partial charge is 0.145 e. The lowest BCUT2D eigenvalue weighted by Crippen LogP contribution is -2.34. The number of anilines is 1. The molecule has 1 aromatic heterocycles. The number of methoxy groups -OCH3 is 1. The van der Waals surface area contributed by atoms with Crippen LogP contribution in [-0.4, -0.2) is 25.2 Å². The molecule has 0 saturated carbocycles. The Bertz CT molecular complexity index is 624. The molecule has 20 heavy (non-hydrogen) atoms. The summed E-state index contributed by atoms with van der Waals surface area (Å²) in [6.07, 6.45) is 2.61. The molecule has 3 nitrogen and oxygen atoms in total. The maximum absolute atomic E-state index is 5.46. The predicted octanol–water partition coefficient (Wildman–Crippen LogP) is 3.79. The standard InChI is InChI=1S/C17H22N2O/c1-12-6-5-9-19(11-12)15-10-13(2)18-17-14(15)7-4-8-16(17)20-3/h4,7-8,10,12H,5-6,9,11H2,1-3H3. The number of pyridine rings is 1. The summed E-state index contributed by atoms with van der Waals surface area (Å²) in [5, 5.41) is 1.20. The van der Waals surface area contributed by atoms with Gasteiger partial charge in [-0.05, 0) is 37.8 Å². The van der Waals surface area contributed by atoms with Crippen molar-refractivity contribution in [1.29, 1.82) is 0 Å². The molecule has 0 amide bonds. The van der Waals surface area contributed by atoms with Gasteiger partial charge >= 0.3 is 0 Å². The quantitative estimate of drug-likeness (QED) is 0.830. The van der Waals surface area contributed by atoms with Gasteiger partial charge in [-0.25, -0.2) is 4.98 Å². The highest BCUT2D eigenvalue weighted by Gasteiger charge is 2.19. The van der Waals surface area contributed by atoms with E-state index < -0.39 is 0 Å². The van der Waals surface area contributed by atoms with Crippen LogP contribution in [0.15, 0.2) is 24.3 Å². The first-order valence-corrected chi connectivity index (χ1v) is 7.38. The molecule has 106 valence electrons. The van der Waals surface area contributed by atoms with Gasteiger partial charge in [0.25, 0.3) is 0 Å². The van der Waals surface area contributed by atoms with Gasteiger partial charge in [-0.2, -0.15) is 0 Å². The summed E-state index contributed by atoms with van der Waals surface area (Å²) in [6, 6.07) is 8.39. The molecule has 1 aliphatic heterocycles. The molecule has 3 rings (SSSR count). The molecule has 1 unspecified atom stereocenters. The minimum Gasteiger partial charge on any atom is -0.494 e. The van der Waals surface area contributed by atoms with Crippen LogP contribution in [0.25, 0.3) is 10.9 Å². The van der Waals surface area contributed by atoms with Crippen LogP contribution in [0, 0.1) is 12.8 Å². The van der Waals surface area contributed by atoms with Crippen molar-refractivity contribution < 1.29 is 4.74 Å². The minimum atomic E-state index is 0.762. The highest BCUT2D eigenvalue weighted by Crippen LogP contribution is 2.34. The molecular formula is C17H22N2O. The van der Waals surface area contributed by atoms with Crippen LogP contribution in [0.3, 0.4) is 0 Å². The summed E-state index contributed by atoms with van der Waals surface area (Å²) in [5.74, 6) is 1.62. The Morgan fingerprint density at radius 2 is 2.20 bits per heavy atom. The molecule has 2 aromatic rings. The molecule has 0 aliphatic carbocycles. The topological polar surface area (TPSA) is 25.4 Å². The fourth-order valence-electron chi connectivity index (χ4n) is 3.16. The molecule has 0 N–H and O–H groups in total. The Morgan fingerprint density at radius 1 is 1.35 bits per heavy atom. The van der Waals surface area contributed by atoms with Crippen molar-refractivity contribution >= 4 is 16.6 Å². The summed E-state index contributed by atoms with van der Waals surface area (Å²) >= 11 is 0. The number of piperidine rings is 1. The second kappa shape index (κ2) is 5.31. The van der Waals surface area contributed by atoms with E-state index in [0.29, 0.717) is 0 Å². The Kier molecular flexibility index (Phi) is 3.51. The molecule has 1 fully saturated rings. The van der Waals surface area contributed by atoms with Crippen molar-refractivity contribution in [2.75, 3.05) is 25.1 Å². The third-order valence-electron chi connectivity index (χ3n) is 4.13. The number of benzene rings is 1. The first kappa shape index (κ1) is 13.2. The van der Waals surface area contributed by atoms with Crippen LogP contribution in [0.2, 0.25) is 0 Å². The normalized spacial score (nSPS) is 19.4. The van der Waals surface area contributed by atoms with Crippen molar-refractivity contribution in [3.05, 3.63) is 30.0 Å². The molecule has 0 radical (unpaired) electrons. The molecule has 0 spiro atoms. The van der Waals surface area contributed by atoms with E-state index in [4.69, 9.17) is 4.74 Å². The van der Waals surface area contributed by atoms with Gasteiger partial charge in [-0.15, -0.1) is 0 Å². The zero-order chi connectivity index (χ0) is 14.1. The largest absolute Gasteiger partial charge is 0.494 e. The van der Waals surface area contributed by atoms with E-state index in [1.54, 1.807) is 7.11 Å². The van der Waals surface area contributed by atoms with Gasteiger partial charge in [0.05, 0.1) is 7.11 Å². The highest BCUT2D eigenvalue weighted by molar-refractivity contribution is 5.95. The average Bonchev–Trinajstić information content (AvgIpc) is 2.45. The molecule has 1 saturated heterocycles. The number of ether oxygens (including phenoxy) is 1. The van der Waals surface area contributed by atoms with Crippen molar-refractivity contribution in [2.45, 2.75) is 26.7 Å². The predicted molar refractivity (Wildman–Crippen MR) is 83.6 cm³/mol. The monoisotopic (exact) mass is 270 g/mol. The Hall–Kier alpha value is -1.77. The van der Waals surface area contributed by atoms with Crippen molar-refractivity contribution in [3.8, 4) is 5.75 Å². The van der Waals surface area contributed by atoms with Crippen molar-refractivity contribution in [1.82, 2.24) is 4.98 Å². The second-order valence-corrected chi connectivity index (χ2v) is 5.83. The molecule has 0 bridgehead atoms. The number of nitrogens with zero attached hydrogens (tertiary/aromatic N) is 2. The van der Waals surface area contributed by atoms with E-state index in [-0.39, 0.29) is 0 Å². The van der Waals surface area contributed by atoms with Gasteiger partial charge in [0.1, 0.15) is 11.3 Å². The summed E-state index contributed by atoms with van der Waals surface area (Å²) in [5.41, 5.74) is 3.33. The fourth-order valence-corrected chi connectivity index (χ4v) is 3.16. The molecule has 1 aromatic carbocycles. The maximum Gasteiger partial charge on any atom is 0.145 e. The number of para-hydroxylation sites is 1. The number of aryl methyl sites for hydroxylation is 1.